The zero-order valence-corrected chi connectivity index (χ0v) is 13.3. The second kappa shape index (κ2) is 7.34. The summed E-state index contributed by atoms with van der Waals surface area (Å²) in [6.07, 6.45) is 4.43. The number of hydrogen-bond acceptors (Lipinski definition) is 3. The van der Waals surface area contributed by atoms with Crippen molar-refractivity contribution in [3.63, 3.8) is 0 Å². The molecule has 0 unspecified atom stereocenters. The number of ether oxygens (including phenoxy) is 1. The van der Waals surface area contributed by atoms with E-state index in [-0.39, 0.29) is 24.5 Å². The van der Waals surface area contributed by atoms with Gasteiger partial charge in [-0.1, -0.05) is 36.0 Å². The molecule has 1 fully saturated rings. The summed E-state index contributed by atoms with van der Waals surface area (Å²) in [6.45, 7) is 0.760. The van der Waals surface area contributed by atoms with Crippen molar-refractivity contribution in [3.05, 3.63) is 28.2 Å². The maximum atomic E-state index is 12.0. The molecule has 116 valence electrons. The van der Waals surface area contributed by atoms with Crippen LogP contribution in [0.4, 0.5) is 0 Å². The van der Waals surface area contributed by atoms with Gasteiger partial charge in [-0.3, -0.25) is 4.79 Å². The van der Waals surface area contributed by atoms with Gasteiger partial charge in [0.05, 0.1) is 23.6 Å². The second-order valence-corrected chi connectivity index (χ2v) is 6.26. The molecule has 1 saturated carbocycles. The molecule has 2 rings (SSSR count). The average Bonchev–Trinajstić information content (AvgIpc) is 2.90. The minimum atomic E-state index is -0.213. The average molecular weight is 331 g/mol. The second-order valence-electron chi connectivity index (χ2n) is 5.41. The highest BCUT2D eigenvalue weighted by Crippen LogP contribution is 2.29. The van der Waals surface area contributed by atoms with Crippen molar-refractivity contribution >= 4 is 29.1 Å². The number of carbonyl (C=O) groups excluding carboxylic acids is 1. The first-order valence-corrected chi connectivity index (χ1v) is 7.89. The molecule has 0 aromatic heterocycles. The number of rotatable bonds is 6. The lowest BCUT2D eigenvalue weighted by molar-refractivity contribution is -0.123. The van der Waals surface area contributed by atoms with Gasteiger partial charge in [0.25, 0.3) is 0 Å². The number of amides is 1. The summed E-state index contributed by atoms with van der Waals surface area (Å²) in [5.74, 6) is 0.496. The van der Waals surface area contributed by atoms with Gasteiger partial charge in [0.2, 0.25) is 5.91 Å². The first kappa shape index (κ1) is 16.4. The standard InChI is InChI=1S/C15H20Cl2N2O2/c16-11-3-4-13(12(17)9-11)21-8-5-14(20)19-15(10-18)6-1-2-7-15/h3-4,9H,1-2,5-8,10,18H2,(H,19,20). The highest BCUT2D eigenvalue weighted by molar-refractivity contribution is 6.35. The predicted molar refractivity (Wildman–Crippen MR) is 85.0 cm³/mol. The number of nitrogens with one attached hydrogen (secondary N) is 1. The number of hydrogen-bond donors (Lipinski definition) is 2. The van der Waals surface area contributed by atoms with Gasteiger partial charge in [0, 0.05) is 11.6 Å². The molecule has 1 aromatic rings. The van der Waals surface area contributed by atoms with Gasteiger partial charge in [-0.2, -0.15) is 0 Å². The fourth-order valence-electron chi connectivity index (χ4n) is 2.64. The third kappa shape index (κ3) is 4.50. The molecule has 0 saturated heterocycles. The molecule has 0 heterocycles. The fourth-order valence-corrected chi connectivity index (χ4v) is 3.10. The highest BCUT2D eigenvalue weighted by Gasteiger charge is 2.33. The van der Waals surface area contributed by atoms with Gasteiger partial charge >= 0.3 is 0 Å². The summed E-state index contributed by atoms with van der Waals surface area (Å²) in [5, 5.41) is 4.05. The van der Waals surface area contributed by atoms with Crippen LogP contribution in [-0.4, -0.2) is 24.6 Å². The lowest BCUT2D eigenvalue weighted by Gasteiger charge is -2.28. The van der Waals surface area contributed by atoms with E-state index in [2.05, 4.69) is 5.32 Å². The molecule has 0 bridgehead atoms. The number of nitrogens with two attached hydrogens (primary N) is 1. The molecule has 1 aromatic carbocycles. The quantitative estimate of drug-likeness (QED) is 0.842. The van der Waals surface area contributed by atoms with E-state index in [0.29, 0.717) is 22.3 Å². The van der Waals surface area contributed by atoms with E-state index in [0.717, 1.165) is 25.7 Å². The van der Waals surface area contributed by atoms with E-state index in [1.807, 2.05) is 0 Å². The van der Waals surface area contributed by atoms with Crippen LogP contribution in [0.5, 0.6) is 5.75 Å². The zero-order chi connectivity index (χ0) is 15.3. The number of halogens is 2. The Balaban J connectivity index is 1.79. The SMILES string of the molecule is NCC1(NC(=O)CCOc2ccc(Cl)cc2Cl)CCCC1. The molecule has 1 amide bonds. The van der Waals surface area contributed by atoms with Crippen molar-refractivity contribution in [1.82, 2.24) is 5.32 Å². The van der Waals surface area contributed by atoms with Gasteiger partial charge in [0.15, 0.2) is 0 Å². The normalized spacial score (nSPS) is 16.7. The van der Waals surface area contributed by atoms with E-state index in [1.54, 1.807) is 18.2 Å². The van der Waals surface area contributed by atoms with Crippen molar-refractivity contribution in [2.24, 2.45) is 5.73 Å². The van der Waals surface area contributed by atoms with Crippen molar-refractivity contribution in [3.8, 4) is 5.75 Å². The van der Waals surface area contributed by atoms with Crippen LogP contribution in [0, 0.1) is 0 Å². The van der Waals surface area contributed by atoms with Gasteiger partial charge in [-0.15, -0.1) is 0 Å². The van der Waals surface area contributed by atoms with Crippen LogP contribution in [0.3, 0.4) is 0 Å². The molecule has 1 aliphatic rings. The van der Waals surface area contributed by atoms with Crippen LogP contribution < -0.4 is 15.8 Å². The zero-order valence-electron chi connectivity index (χ0n) is 11.8. The molecular weight excluding hydrogens is 311 g/mol. The molecule has 6 heteroatoms. The van der Waals surface area contributed by atoms with Gasteiger partial charge in [-0.25, -0.2) is 0 Å². The summed E-state index contributed by atoms with van der Waals surface area (Å²) in [7, 11) is 0. The summed E-state index contributed by atoms with van der Waals surface area (Å²) in [4.78, 5) is 12.0. The van der Waals surface area contributed by atoms with E-state index in [4.69, 9.17) is 33.7 Å². The molecular formula is C15H20Cl2N2O2. The first-order chi connectivity index (χ1) is 10.0. The van der Waals surface area contributed by atoms with Crippen molar-refractivity contribution in [2.75, 3.05) is 13.2 Å². The van der Waals surface area contributed by atoms with Gasteiger partial charge < -0.3 is 15.8 Å². The molecule has 0 spiro atoms. The molecule has 0 radical (unpaired) electrons. The number of carbonyl (C=O) groups is 1. The number of benzene rings is 1. The Bertz CT molecular complexity index is 502. The molecule has 0 atom stereocenters. The summed E-state index contributed by atoms with van der Waals surface area (Å²) >= 11 is 11.8. The third-order valence-electron chi connectivity index (χ3n) is 3.84. The first-order valence-electron chi connectivity index (χ1n) is 7.14. The molecule has 4 nitrogen and oxygen atoms in total. The van der Waals surface area contributed by atoms with Crippen LogP contribution in [-0.2, 0) is 4.79 Å². The van der Waals surface area contributed by atoms with Crippen molar-refractivity contribution in [1.29, 1.82) is 0 Å². The molecule has 21 heavy (non-hydrogen) atoms. The van der Waals surface area contributed by atoms with E-state index in [1.165, 1.54) is 0 Å². The maximum Gasteiger partial charge on any atom is 0.223 e. The summed E-state index contributed by atoms with van der Waals surface area (Å²) < 4.78 is 5.51. The summed E-state index contributed by atoms with van der Waals surface area (Å²) in [6, 6.07) is 5.01. The maximum absolute atomic E-state index is 12.0. The lowest BCUT2D eigenvalue weighted by atomic mass is 9.98. The molecule has 1 aliphatic carbocycles. The monoisotopic (exact) mass is 330 g/mol. The van der Waals surface area contributed by atoms with Crippen LogP contribution in [0.25, 0.3) is 0 Å². The van der Waals surface area contributed by atoms with Crippen LogP contribution in [0.15, 0.2) is 18.2 Å². The predicted octanol–water partition coefficient (Wildman–Crippen LogP) is 3.15. The Morgan fingerprint density at radius 2 is 2.05 bits per heavy atom. The Morgan fingerprint density at radius 3 is 2.67 bits per heavy atom. The lowest BCUT2D eigenvalue weighted by Crippen LogP contribution is -2.51. The molecule has 0 aliphatic heterocycles. The topological polar surface area (TPSA) is 64.3 Å². The third-order valence-corrected chi connectivity index (χ3v) is 4.37. The summed E-state index contributed by atoms with van der Waals surface area (Å²) in [5.41, 5.74) is 5.58. The fraction of sp³-hybridized carbons (Fsp3) is 0.533. The molecule has 3 N–H and O–H groups in total. The highest BCUT2D eigenvalue weighted by atomic mass is 35.5. The Kier molecular flexibility index (Phi) is 5.73. The van der Waals surface area contributed by atoms with E-state index in [9.17, 15) is 4.79 Å². The van der Waals surface area contributed by atoms with Crippen LogP contribution in [0.2, 0.25) is 10.0 Å². The van der Waals surface area contributed by atoms with E-state index >= 15 is 0 Å². The largest absolute Gasteiger partial charge is 0.491 e. The van der Waals surface area contributed by atoms with Crippen LogP contribution >= 0.6 is 23.2 Å². The van der Waals surface area contributed by atoms with Gasteiger partial charge in [-0.05, 0) is 31.0 Å². The van der Waals surface area contributed by atoms with Gasteiger partial charge in [0.1, 0.15) is 5.75 Å². The minimum absolute atomic E-state index is 0.0348. The van der Waals surface area contributed by atoms with E-state index < -0.39 is 0 Å². The van der Waals surface area contributed by atoms with Crippen molar-refractivity contribution in [2.45, 2.75) is 37.6 Å². The Morgan fingerprint density at radius 1 is 1.33 bits per heavy atom. The Hall–Kier alpha value is -0.970. The van der Waals surface area contributed by atoms with Crippen LogP contribution in [0.1, 0.15) is 32.1 Å². The van der Waals surface area contributed by atoms with Crippen molar-refractivity contribution < 1.29 is 9.53 Å². The smallest absolute Gasteiger partial charge is 0.223 e. The Labute approximate surface area is 134 Å². The minimum Gasteiger partial charge on any atom is -0.491 e.